The quantitative estimate of drug-likeness (QED) is 0.806. The summed E-state index contributed by atoms with van der Waals surface area (Å²) in [5.41, 5.74) is 0.521. The predicted molar refractivity (Wildman–Crippen MR) is 81.9 cm³/mol. The number of hydrogen-bond donors (Lipinski definition) is 2. The van der Waals surface area contributed by atoms with E-state index in [1.165, 1.54) is 24.3 Å². The van der Waals surface area contributed by atoms with E-state index in [2.05, 4.69) is 10.6 Å². The number of carbonyl (C=O) groups excluding carboxylic acids is 1. The van der Waals surface area contributed by atoms with Crippen LogP contribution in [0.4, 0.5) is 14.9 Å². The molecule has 2 amide bonds. The van der Waals surface area contributed by atoms with Gasteiger partial charge in [0.15, 0.2) is 0 Å². The lowest BCUT2D eigenvalue weighted by Gasteiger charge is -2.09. The number of benzene rings is 2. The van der Waals surface area contributed by atoms with E-state index in [-0.39, 0.29) is 11.8 Å². The van der Waals surface area contributed by atoms with E-state index in [4.69, 9.17) is 9.47 Å². The summed E-state index contributed by atoms with van der Waals surface area (Å²) >= 11 is 0. The number of rotatable bonds is 6. The Morgan fingerprint density at radius 1 is 1.14 bits per heavy atom. The maximum atomic E-state index is 12.7. The molecule has 22 heavy (non-hydrogen) atoms. The van der Waals surface area contributed by atoms with Crippen LogP contribution in [-0.2, 0) is 0 Å². The van der Waals surface area contributed by atoms with Crippen molar-refractivity contribution in [3.05, 3.63) is 54.3 Å². The molecule has 0 heterocycles. The number of amides is 2. The summed E-state index contributed by atoms with van der Waals surface area (Å²) in [4.78, 5) is 11.6. The molecule has 2 N–H and O–H groups in total. The molecule has 0 saturated heterocycles. The molecule has 0 fully saturated rings. The average molecular weight is 304 g/mol. The van der Waals surface area contributed by atoms with Crippen molar-refractivity contribution in [2.45, 2.75) is 0 Å². The van der Waals surface area contributed by atoms with Gasteiger partial charge in [0, 0.05) is 11.8 Å². The van der Waals surface area contributed by atoms with E-state index < -0.39 is 0 Å². The first-order chi connectivity index (χ1) is 10.7. The molecule has 0 saturated carbocycles. The van der Waals surface area contributed by atoms with Gasteiger partial charge < -0.3 is 20.1 Å². The third kappa shape index (κ3) is 4.97. The molecule has 116 valence electrons. The second-order valence-electron chi connectivity index (χ2n) is 4.42. The second kappa shape index (κ2) is 7.87. The van der Waals surface area contributed by atoms with E-state index in [1.54, 1.807) is 19.2 Å². The highest BCUT2D eigenvalue weighted by Gasteiger charge is 2.02. The van der Waals surface area contributed by atoms with Crippen molar-refractivity contribution in [3.63, 3.8) is 0 Å². The molecule has 2 aromatic rings. The van der Waals surface area contributed by atoms with Crippen molar-refractivity contribution in [2.24, 2.45) is 0 Å². The van der Waals surface area contributed by atoms with Gasteiger partial charge in [-0.2, -0.15) is 0 Å². The van der Waals surface area contributed by atoms with Crippen molar-refractivity contribution < 1.29 is 18.7 Å². The first-order valence-corrected chi connectivity index (χ1v) is 6.74. The van der Waals surface area contributed by atoms with E-state index in [1.807, 2.05) is 12.1 Å². The third-order valence-corrected chi connectivity index (χ3v) is 2.80. The van der Waals surface area contributed by atoms with Crippen LogP contribution in [0.1, 0.15) is 0 Å². The number of ether oxygens (including phenoxy) is 2. The maximum absolute atomic E-state index is 12.7. The molecule has 0 spiro atoms. The Morgan fingerprint density at radius 2 is 1.86 bits per heavy atom. The highest BCUT2D eigenvalue weighted by Crippen LogP contribution is 2.18. The fourth-order valence-electron chi connectivity index (χ4n) is 1.73. The van der Waals surface area contributed by atoms with Crippen LogP contribution in [-0.4, -0.2) is 26.3 Å². The number of methoxy groups -OCH3 is 1. The van der Waals surface area contributed by atoms with Gasteiger partial charge in [-0.15, -0.1) is 0 Å². The summed E-state index contributed by atoms with van der Waals surface area (Å²) in [7, 11) is 1.58. The minimum Gasteiger partial charge on any atom is -0.497 e. The van der Waals surface area contributed by atoms with E-state index >= 15 is 0 Å². The number of halogens is 1. The van der Waals surface area contributed by atoms with E-state index in [0.717, 1.165) is 0 Å². The minimum absolute atomic E-state index is 0.323. The molecular weight excluding hydrogens is 287 g/mol. The number of nitrogens with one attached hydrogen (secondary N) is 2. The van der Waals surface area contributed by atoms with Gasteiger partial charge in [-0.3, -0.25) is 0 Å². The summed E-state index contributed by atoms with van der Waals surface area (Å²) in [5, 5.41) is 5.24. The van der Waals surface area contributed by atoms with Gasteiger partial charge in [-0.25, -0.2) is 9.18 Å². The summed E-state index contributed by atoms with van der Waals surface area (Å²) in [6.45, 7) is 0.661. The van der Waals surface area contributed by atoms with Gasteiger partial charge >= 0.3 is 6.03 Å². The predicted octanol–water partition coefficient (Wildman–Crippen LogP) is 3.03. The monoisotopic (exact) mass is 304 g/mol. The van der Waals surface area contributed by atoms with Gasteiger partial charge in [-0.05, 0) is 36.4 Å². The van der Waals surface area contributed by atoms with E-state index in [0.29, 0.717) is 30.3 Å². The van der Waals surface area contributed by atoms with Gasteiger partial charge in [0.2, 0.25) is 0 Å². The maximum Gasteiger partial charge on any atom is 0.319 e. The molecular formula is C16H17FN2O3. The third-order valence-electron chi connectivity index (χ3n) is 2.80. The van der Waals surface area contributed by atoms with Crippen LogP contribution in [0.5, 0.6) is 11.5 Å². The first-order valence-electron chi connectivity index (χ1n) is 6.74. The standard InChI is InChI=1S/C16H17FN2O3/c1-21-14-3-2-4-15(11-14)22-10-9-18-16(20)19-13-7-5-12(17)6-8-13/h2-8,11H,9-10H2,1H3,(H2,18,19,20). The number of urea groups is 1. The largest absolute Gasteiger partial charge is 0.497 e. The highest BCUT2D eigenvalue weighted by molar-refractivity contribution is 5.89. The molecule has 0 aliphatic heterocycles. The summed E-state index contributed by atoms with van der Waals surface area (Å²) in [5.74, 6) is 1.03. The van der Waals surface area contributed by atoms with Gasteiger partial charge in [0.05, 0.1) is 13.7 Å². The fraction of sp³-hybridized carbons (Fsp3) is 0.188. The van der Waals surface area contributed by atoms with Crippen molar-refractivity contribution >= 4 is 11.7 Å². The molecule has 0 aromatic heterocycles. The molecule has 0 unspecified atom stereocenters. The molecule has 0 atom stereocenters. The van der Waals surface area contributed by atoms with Crippen LogP contribution >= 0.6 is 0 Å². The zero-order valence-electron chi connectivity index (χ0n) is 12.1. The lowest BCUT2D eigenvalue weighted by Crippen LogP contribution is -2.32. The topological polar surface area (TPSA) is 59.6 Å². The second-order valence-corrected chi connectivity index (χ2v) is 4.42. The SMILES string of the molecule is COc1cccc(OCCNC(=O)Nc2ccc(F)cc2)c1. The molecule has 2 aromatic carbocycles. The Balaban J connectivity index is 1.69. The summed E-state index contributed by atoms with van der Waals surface area (Å²) in [6, 6.07) is 12.4. The van der Waals surface area contributed by atoms with Crippen LogP contribution in [0.2, 0.25) is 0 Å². The molecule has 5 nitrogen and oxygen atoms in total. The fourth-order valence-corrected chi connectivity index (χ4v) is 1.73. The Morgan fingerprint density at radius 3 is 2.59 bits per heavy atom. The summed E-state index contributed by atoms with van der Waals surface area (Å²) in [6.07, 6.45) is 0. The lowest BCUT2D eigenvalue weighted by molar-refractivity contribution is 0.247. The molecule has 6 heteroatoms. The van der Waals surface area contributed by atoms with Crippen LogP contribution in [0.25, 0.3) is 0 Å². The van der Waals surface area contributed by atoms with Gasteiger partial charge in [0.25, 0.3) is 0 Å². The van der Waals surface area contributed by atoms with Gasteiger partial charge in [0.1, 0.15) is 23.9 Å². The Bertz CT molecular complexity index is 617. The molecule has 0 radical (unpaired) electrons. The molecule has 0 aliphatic rings. The van der Waals surface area contributed by atoms with Crippen LogP contribution < -0.4 is 20.1 Å². The number of carbonyl (C=O) groups is 1. The lowest BCUT2D eigenvalue weighted by atomic mass is 10.3. The van der Waals surface area contributed by atoms with E-state index in [9.17, 15) is 9.18 Å². The van der Waals surface area contributed by atoms with Crippen LogP contribution in [0.15, 0.2) is 48.5 Å². The van der Waals surface area contributed by atoms with Crippen molar-refractivity contribution in [2.75, 3.05) is 25.6 Å². The summed E-state index contributed by atoms with van der Waals surface area (Å²) < 4.78 is 23.3. The molecule has 0 aliphatic carbocycles. The van der Waals surface area contributed by atoms with Crippen molar-refractivity contribution in [1.82, 2.24) is 5.32 Å². The Hall–Kier alpha value is -2.76. The zero-order chi connectivity index (χ0) is 15.8. The Kier molecular flexibility index (Phi) is 5.59. The van der Waals surface area contributed by atoms with Crippen molar-refractivity contribution in [3.8, 4) is 11.5 Å². The van der Waals surface area contributed by atoms with Crippen molar-refractivity contribution in [1.29, 1.82) is 0 Å². The number of hydrogen-bond acceptors (Lipinski definition) is 3. The Labute approximate surface area is 128 Å². The zero-order valence-corrected chi connectivity index (χ0v) is 12.1. The number of anilines is 1. The smallest absolute Gasteiger partial charge is 0.319 e. The molecule has 0 bridgehead atoms. The highest BCUT2D eigenvalue weighted by atomic mass is 19.1. The van der Waals surface area contributed by atoms with Crippen LogP contribution in [0.3, 0.4) is 0 Å². The van der Waals surface area contributed by atoms with Crippen LogP contribution in [0, 0.1) is 5.82 Å². The first kappa shape index (κ1) is 15.6. The minimum atomic E-state index is -0.374. The molecule has 2 rings (SSSR count). The normalized spacial score (nSPS) is 9.91. The van der Waals surface area contributed by atoms with Gasteiger partial charge in [-0.1, -0.05) is 6.07 Å². The average Bonchev–Trinajstić information content (AvgIpc) is 2.54.